The van der Waals surface area contributed by atoms with Crippen LogP contribution in [-0.4, -0.2) is 45.9 Å². The lowest BCUT2D eigenvalue weighted by Gasteiger charge is -2.39. The van der Waals surface area contributed by atoms with Gasteiger partial charge in [0.15, 0.2) is 0 Å². The number of anilines is 1. The summed E-state index contributed by atoms with van der Waals surface area (Å²) in [5.74, 6) is -1.50. The topological polar surface area (TPSA) is 82.1 Å². The fourth-order valence-corrected chi connectivity index (χ4v) is 4.54. The van der Waals surface area contributed by atoms with Crippen LogP contribution < -0.4 is 10.1 Å². The van der Waals surface area contributed by atoms with Crippen molar-refractivity contribution >= 4 is 17.5 Å². The van der Waals surface area contributed by atoms with Gasteiger partial charge in [-0.25, -0.2) is 4.39 Å². The van der Waals surface area contributed by atoms with E-state index in [1.54, 1.807) is 16.7 Å². The lowest BCUT2D eigenvalue weighted by molar-refractivity contribution is -0.132. The Hall–Kier alpha value is -4.07. The number of halogens is 1. The Morgan fingerprint density at radius 3 is 2.57 bits per heavy atom. The first-order valence-electron chi connectivity index (χ1n) is 11.5. The molecule has 1 saturated heterocycles. The largest absolute Gasteiger partial charge is 0.507 e. The highest BCUT2D eigenvalue weighted by molar-refractivity contribution is 6.00. The molecule has 0 unspecified atom stereocenters. The van der Waals surface area contributed by atoms with E-state index in [4.69, 9.17) is 4.74 Å². The number of hydrogen-bond acceptors (Lipinski definition) is 5. The number of nitrogens with one attached hydrogen (secondary N) is 1. The maximum atomic E-state index is 14.1. The maximum absolute atomic E-state index is 14.1. The first kappa shape index (κ1) is 22.7. The third-order valence-corrected chi connectivity index (χ3v) is 6.45. The van der Waals surface area contributed by atoms with Crippen LogP contribution in [0.25, 0.3) is 0 Å². The molecule has 2 heterocycles. The van der Waals surface area contributed by atoms with Crippen LogP contribution in [0.1, 0.15) is 34.0 Å². The molecule has 3 aromatic rings. The second-order valence-electron chi connectivity index (χ2n) is 8.94. The van der Waals surface area contributed by atoms with Gasteiger partial charge < -0.3 is 25.0 Å². The molecule has 0 spiro atoms. The molecule has 35 heavy (non-hydrogen) atoms. The van der Waals surface area contributed by atoms with E-state index >= 15 is 0 Å². The summed E-state index contributed by atoms with van der Waals surface area (Å²) in [7, 11) is 0. The standard InChI is InChI=1S/C27H26FN3O4/c1-17(32)30-13-21(14-30)29-23-9-5-8-19-12-31(15-22(19)23)27(34)26-24(33)10-20(28)11-25(26)35-16-18-6-3-2-4-7-18/h2-11,21,29,33H,12-16H2,1H3. The van der Waals surface area contributed by atoms with Crippen molar-refractivity contribution < 1.29 is 23.8 Å². The van der Waals surface area contributed by atoms with Gasteiger partial charge in [-0.2, -0.15) is 0 Å². The summed E-state index contributed by atoms with van der Waals surface area (Å²) >= 11 is 0. The first-order chi connectivity index (χ1) is 16.9. The molecule has 3 aromatic carbocycles. The zero-order valence-electron chi connectivity index (χ0n) is 19.3. The molecular formula is C27H26FN3O4. The van der Waals surface area contributed by atoms with E-state index in [-0.39, 0.29) is 29.9 Å². The Labute approximate surface area is 202 Å². The Morgan fingerprint density at radius 2 is 1.83 bits per heavy atom. The second-order valence-corrected chi connectivity index (χ2v) is 8.94. The number of phenols is 1. The van der Waals surface area contributed by atoms with Crippen molar-refractivity contribution in [2.24, 2.45) is 0 Å². The van der Waals surface area contributed by atoms with E-state index in [0.29, 0.717) is 26.2 Å². The predicted molar refractivity (Wildman–Crippen MR) is 129 cm³/mol. The molecule has 0 aliphatic carbocycles. The Morgan fingerprint density at radius 1 is 1.06 bits per heavy atom. The Kier molecular flexibility index (Phi) is 6.03. The van der Waals surface area contributed by atoms with E-state index in [0.717, 1.165) is 34.5 Å². The summed E-state index contributed by atoms with van der Waals surface area (Å²) < 4.78 is 19.9. The molecule has 180 valence electrons. The second kappa shape index (κ2) is 9.29. The van der Waals surface area contributed by atoms with Crippen LogP contribution in [0, 0.1) is 5.82 Å². The number of likely N-dealkylation sites (tertiary alicyclic amines) is 1. The third kappa shape index (κ3) is 4.64. The summed E-state index contributed by atoms with van der Waals surface area (Å²) in [6.45, 7) is 3.69. The number of benzene rings is 3. The molecule has 0 saturated carbocycles. The van der Waals surface area contributed by atoms with Crippen molar-refractivity contribution in [2.75, 3.05) is 18.4 Å². The van der Waals surface area contributed by atoms with Gasteiger partial charge in [-0.3, -0.25) is 9.59 Å². The lowest BCUT2D eigenvalue weighted by Crippen LogP contribution is -2.56. The van der Waals surface area contributed by atoms with Gasteiger partial charge in [-0.15, -0.1) is 0 Å². The molecule has 7 nitrogen and oxygen atoms in total. The number of carbonyl (C=O) groups is 2. The number of ether oxygens (including phenoxy) is 1. The smallest absolute Gasteiger partial charge is 0.262 e. The van der Waals surface area contributed by atoms with Gasteiger partial charge in [-0.1, -0.05) is 42.5 Å². The average molecular weight is 476 g/mol. The molecule has 0 aromatic heterocycles. The first-order valence-corrected chi connectivity index (χ1v) is 11.5. The van der Waals surface area contributed by atoms with Gasteiger partial charge >= 0.3 is 0 Å². The highest BCUT2D eigenvalue weighted by Crippen LogP contribution is 2.36. The van der Waals surface area contributed by atoms with Crippen LogP contribution in [-0.2, 0) is 24.5 Å². The van der Waals surface area contributed by atoms with Crippen LogP contribution in [0.2, 0.25) is 0 Å². The third-order valence-electron chi connectivity index (χ3n) is 6.45. The monoisotopic (exact) mass is 475 g/mol. The number of rotatable bonds is 6. The maximum Gasteiger partial charge on any atom is 0.262 e. The Balaban J connectivity index is 1.34. The minimum Gasteiger partial charge on any atom is -0.507 e. The van der Waals surface area contributed by atoms with Crippen LogP contribution in [0.4, 0.5) is 10.1 Å². The SMILES string of the molecule is CC(=O)N1CC(Nc2cccc3c2CN(C(=O)c2c(O)cc(F)cc2OCc2ccccc2)C3)C1. The van der Waals surface area contributed by atoms with Crippen molar-refractivity contribution in [3.05, 3.63) is 88.7 Å². The van der Waals surface area contributed by atoms with Gasteiger partial charge in [0, 0.05) is 50.9 Å². The lowest BCUT2D eigenvalue weighted by atomic mass is 10.0. The zero-order valence-corrected chi connectivity index (χ0v) is 19.3. The fraction of sp³-hybridized carbons (Fsp3) is 0.259. The number of carbonyl (C=O) groups excluding carboxylic acids is 2. The van der Waals surface area contributed by atoms with Crippen LogP contribution in [0.5, 0.6) is 11.5 Å². The molecule has 0 bridgehead atoms. The molecule has 2 aliphatic rings. The average Bonchev–Trinajstić information content (AvgIpc) is 3.25. The van der Waals surface area contributed by atoms with Crippen molar-refractivity contribution in [1.29, 1.82) is 0 Å². The number of amides is 2. The summed E-state index contributed by atoms with van der Waals surface area (Å²) in [4.78, 5) is 28.3. The molecule has 2 aliphatic heterocycles. The molecule has 1 fully saturated rings. The number of fused-ring (bicyclic) bond motifs is 1. The van der Waals surface area contributed by atoms with E-state index in [9.17, 15) is 19.1 Å². The van der Waals surface area contributed by atoms with Gasteiger partial charge in [0.05, 0.1) is 6.04 Å². The van der Waals surface area contributed by atoms with Crippen molar-refractivity contribution in [2.45, 2.75) is 32.7 Å². The number of nitrogens with zero attached hydrogens (tertiary/aromatic N) is 2. The van der Waals surface area contributed by atoms with E-state index in [1.165, 1.54) is 0 Å². The normalized spacial score (nSPS) is 14.9. The quantitative estimate of drug-likeness (QED) is 0.565. The summed E-state index contributed by atoms with van der Waals surface area (Å²) in [6, 6.07) is 17.4. The van der Waals surface area contributed by atoms with Gasteiger partial charge in [0.1, 0.15) is 29.5 Å². The molecule has 2 amide bonds. The molecule has 0 atom stereocenters. The zero-order chi connectivity index (χ0) is 24.5. The summed E-state index contributed by atoms with van der Waals surface area (Å²) in [6.07, 6.45) is 0. The highest BCUT2D eigenvalue weighted by atomic mass is 19.1. The van der Waals surface area contributed by atoms with Gasteiger partial charge in [0.2, 0.25) is 5.91 Å². The highest BCUT2D eigenvalue weighted by Gasteiger charge is 2.33. The molecule has 5 rings (SSSR count). The van der Waals surface area contributed by atoms with Crippen LogP contribution in [0.3, 0.4) is 0 Å². The van der Waals surface area contributed by atoms with Crippen LogP contribution in [0.15, 0.2) is 60.7 Å². The molecule has 0 radical (unpaired) electrons. The molecule has 8 heteroatoms. The Bertz CT molecular complexity index is 1270. The summed E-state index contributed by atoms with van der Waals surface area (Å²) in [5, 5.41) is 14.0. The minimum absolute atomic E-state index is 0.00412. The summed E-state index contributed by atoms with van der Waals surface area (Å²) in [5.41, 5.74) is 3.73. The number of hydrogen-bond donors (Lipinski definition) is 2. The van der Waals surface area contributed by atoms with Gasteiger partial charge in [-0.05, 0) is 22.8 Å². The van der Waals surface area contributed by atoms with Crippen molar-refractivity contribution in [1.82, 2.24) is 9.80 Å². The number of aromatic hydroxyl groups is 1. The van der Waals surface area contributed by atoms with E-state index in [1.807, 2.05) is 48.5 Å². The van der Waals surface area contributed by atoms with Crippen molar-refractivity contribution in [3.8, 4) is 11.5 Å². The minimum atomic E-state index is -0.682. The van der Waals surface area contributed by atoms with E-state index in [2.05, 4.69) is 5.32 Å². The van der Waals surface area contributed by atoms with E-state index < -0.39 is 17.5 Å². The number of phenolic OH excluding ortho intramolecular Hbond substituents is 1. The predicted octanol–water partition coefficient (Wildman–Crippen LogP) is 3.91. The molecule has 2 N–H and O–H groups in total. The molecular weight excluding hydrogens is 449 g/mol. The fourth-order valence-electron chi connectivity index (χ4n) is 4.54. The van der Waals surface area contributed by atoms with Gasteiger partial charge in [0.25, 0.3) is 5.91 Å². The van der Waals surface area contributed by atoms with Crippen molar-refractivity contribution in [3.63, 3.8) is 0 Å². The van der Waals surface area contributed by atoms with Crippen LogP contribution >= 0.6 is 0 Å².